The van der Waals surface area contributed by atoms with E-state index >= 15 is 0 Å². The van der Waals surface area contributed by atoms with Crippen LogP contribution in [0.15, 0.2) is 48.5 Å². The minimum Gasteiger partial charge on any atom is -0.324 e. The first-order chi connectivity index (χ1) is 9.86. The van der Waals surface area contributed by atoms with Gasteiger partial charge < -0.3 is 5.73 Å². The predicted molar refractivity (Wildman–Crippen MR) is 91.6 cm³/mol. The van der Waals surface area contributed by atoms with E-state index in [2.05, 4.69) is 76.2 Å². The Kier molecular flexibility index (Phi) is 4.84. The molecule has 0 spiro atoms. The van der Waals surface area contributed by atoms with Gasteiger partial charge in [-0.3, -0.25) is 0 Å². The summed E-state index contributed by atoms with van der Waals surface area (Å²) in [5.74, 6) is 0. The molecule has 0 aromatic heterocycles. The summed E-state index contributed by atoms with van der Waals surface area (Å²) in [6.07, 6.45) is 2.01. The zero-order chi connectivity index (χ0) is 15.5. The molecule has 2 aromatic carbocycles. The third-order valence-electron chi connectivity index (χ3n) is 4.07. The molecular weight excluding hydrogens is 254 g/mol. The van der Waals surface area contributed by atoms with Gasteiger partial charge in [-0.15, -0.1) is 0 Å². The van der Waals surface area contributed by atoms with Crippen molar-refractivity contribution in [3.63, 3.8) is 0 Å². The Labute approximate surface area is 129 Å². The fraction of sp³-hybridized carbons (Fsp3) is 0.400. The van der Waals surface area contributed by atoms with Gasteiger partial charge in [-0.1, -0.05) is 74.9 Å². The molecule has 0 radical (unpaired) electrons. The summed E-state index contributed by atoms with van der Waals surface area (Å²) in [6.45, 7) is 8.82. The van der Waals surface area contributed by atoms with Crippen LogP contribution < -0.4 is 5.73 Å². The summed E-state index contributed by atoms with van der Waals surface area (Å²) in [5.41, 5.74) is 11.8. The summed E-state index contributed by atoms with van der Waals surface area (Å²) in [4.78, 5) is 0. The zero-order valence-electron chi connectivity index (χ0n) is 13.7. The molecule has 0 aliphatic heterocycles. The molecule has 0 heterocycles. The lowest BCUT2D eigenvalue weighted by atomic mass is 9.86. The zero-order valence-corrected chi connectivity index (χ0v) is 13.7. The fourth-order valence-electron chi connectivity index (χ4n) is 2.47. The van der Waals surface area contributed by atoms with E-state index in [9.17, 15) is 0 Å². The van der Waals surface area contributed by atoms with E-state index in [0.717, 1.165) is 12.8 Å². The number of rotatable bonds is 4. The third kappa shape index (κ3) is 4.44. The lowest BCUT2D eigenvalue weighted by Gasteiger charge is -2.20. The first-order valence-corrected chi connectivity index (χ1v) is 7.78. The Morgan fingerprint density at radius 3 is 2.00 bits per heavy atom. The van der Waals surface area contributed by atoms with Crippen molar-refractivity contribution in [3.05, 3.63) is 70.8 Å². The van der Waals surface area contributed by atoms with Gasteiger partial charge in [0.2, 0.25) is 0 Å². The Morgan fingerprint density at radius 1 is 0.905 bits per heavy atom. The molecule has 1 unspecified atom stereocenters. The topological polar surface area (TPSA) is 26.0 Å². The van der Waals surface area contributed by atoms with Gasteiger partial charge in [0, 0.05) is 6.04 Å². The standard InChI is InChI=1S/C20H27N/c1-15-5-7-16(8-6-15)9-14-19(21)17-10-12-18(13-11-17)20(2,3)4/h5-8,10-13,19H,9,14,21H2,1-4H3. The fourth-order valence-corrected chi connectivity index (χ4v) is 2.47. The van der Waals surface area contributed by atoms with Gasteiger partial charge in [0.15, 0.2) is 0 Å². The van der Waals surface area contributed by atoms with Gasteiger partial charge in [0.25, 0.3) is 0 Å². The average molecular weight is 281 g/mol. The summed E-state index contributed by atoms with van der Waals surface area (Å²) >= 11 is 0. The van der Waals surface area contributed by atoms with E-state index in [0.29, 0.717) is 0 Å². The SMILES string of the molecule is Cc1ccc(CCC(N)c2ccc(C(C)(C)C)cc2)cc1. The van der Waals surface area contributed by atoms with E-state index in [1.807, 2.05) is 0 Å². The van der Waals surface area contributed by atoms with Crippen LogP contribution in [0.4, 0.5) is 0 Å². The molecule has 1 atom stereocenters. The van der Waals surface area contributed by atoms with Crippen LogP contribution >= 0.6 is 0 Å². The second-order valence-corrected chi connectivity index (χ2v) is 7.00. The van der Waals surface area contributed by atoms with Crippen LogP contribution in [0.2, 0.25) is 0 Å². The lowest BCUT2D eigenvalue weighted by Crippen LogP contribution is -2.14. The molecule has 1 heteroatoms. The molecule has 0 bridgehead atoms. The van der Waals surface area contributed by atoms with Crippen LogP contribution in [-0.4, -0.2) is 0 Å². The Hall–Kier alpha value is -1.60. The molecule has 2 aromatic rings. The minimum atomic E-state index is 0.111. The minimum absolute atomic E-state index is 0.111. The number of hydrogen-bond acceptors (Lipinski definition) is 1. The first-order valence-electron chi connectivity index (χ1n) is 7.78. The maximum Gasteiger partial charge on any atom is 0.0298 e. The Morgan fingerprint density at radius 2 is 1.48 bits per heavy atom. The van der Waals surface area contributed by atoms with E-state index in [1.165, 1.54) is 22.3 Å². The van der Waals surface area contributed by atoms with Crippen LogP contribution in [0.1, 0.15) is 55.5 Å². The molecular formula is C20H27N. The highest BCUT2D eigenvalue weighted by atomic mass is 14.6. The van der Waals surface area contributed by atoms with E-state index < -0.39 is 0 Å². The molecule has 2 rings (SSSR count). The highest BCUT2D eigenvalue weighted by Gasteiger charge is 2.14. The Bertz CT molecular complexity index is 558. The molecule has 1 nitrogen and oxygen atoms in total. The van der Waals surface area contributed by atoms with Crippen molar-refractivity contribution in [1.82, 2.24) is 0 Å². The van der Waals surface area contributed by atoms with Crippen molar-refractivity contribution >= 4 is 0 Å². The van der Waals surface area contributed by atoms with Crippen molar-refractivity contribution in [2.45, 2.75) is 52.0 Å². The summed E-state index contributed by atoms with van der Waals surface area (Å²) in [6, 6.07) is 17.6. The van der Waals surface area contributed by atoms with Crippen LogP contribution in [-0.2, 0) is 11.8 Å². The van der Waals surface area contributed by atoms with Crippen molar-refractivity contribution in [1.29, 1.82) is 0 Å². The smallest absolute Gasteiger partial charge is 0.0298 e. The van der Waals surface area contributed by atoms with E-state index in [1.54, 1.807) is 0 Å². The molecule has 0 aliphatic carbocycles. The summed E-state index contributed by atoms with van der Waals surface area (Å²) < 4.78 is 0. The molecule has 0 saturated carbocycles. The maximum absolute atomic E-state index is 6.33. The van der Waals surface area contributed by atoms with Gasteiger partial charge in [0.1, 0.15) is 0 Å². The number of hydrogen-bond donors (Lipinski definition) is 1. The van der Waals surface area contributed by atoms with E-state index in [-0.39, 0.29) is 11.5 Å². The number of benzene rings is 2. The summed E-state index contributed by atoms with van der Waals surface area (Å²) in [5, 5.41) is 0. The normalized spacial score (nSPS) is 13.2. The molecule has 0 fully saturated rings. The van der Waals surface area contributed by atoms with Gasteiger partial charge in [0.05, 0.1) is 0 Å². The predicted octanol–water partition coefficient (Wildman–Crippen LogP) is 4.93. The number of nitrogens with two attached hydrogens (primary N) is 1. The van der Waals surface area contributed by atoms with E-state index in [4.69, 9.17) is 5.73 Å². The van der Waals surface area contributed by atoms with Crippen LogP contribution in [0.5, 0.6) is 0 Å². The van der Waals surface area contributed by atoms with Crippen molar-refractivity contribution in [2.75, 3.05) is 0 Å². The lowest BCUT2D eigenvalue weighted by molar-refractivity contribution is 0.588. The highest BCUT2D eigenvalue weighted by molar-refractivity contribution is 5.29. The second-order valence-electron chi connectivity index (χ2n) is 7.00. The highest BCUT2D eigenvalue weighted by Crippen LogP contribution is 2.24. The van der Waals surface area contributed by atoms with Crippen LogP contribution in [0.3, 0.4) is 0 Å². The van der Waals surface area contributed by atoms with Crippen molar-refractivity contribution < 1.29 is 0 Å². The molecule has 0 aliphatic rings. The van der Waals surface area contributed by atoms with Gasteiger partial charge in [-0.05, 0) is 41.9 Å². The number of aryl methyl sites for hydroxylation is 2. The van der Waals surface area contributed by atoms with Gasteiger partial charge in [-0.25, -0.2) is 0 Å². The summed E-state index contributed by atoms with van der Waals surface area (Å²) in [7, 11) is 0. The largest absolute Gasteiger partial charge is 0.324 e. The quantitative estimate of drug-likeness (QED) is 0.845. The van der Waals surface area contributed by atoms with Gasteiger partial charge >= 0.3 is 0 Å². The third-order valence-corrected chi connectivity index (χ3v) is 4.07. The monoisotopic (exact) mass is 281 g/mol. The molecule has 2 N–H and O–H groups in total. The van der Waals surface area contributed by atoms with Crippen molar-refractivity contribution in [3.8, 4) is 0 Å². The van der Waals surface area contributed by atoms with Gasteiger partial charge in [-0.2, -0.15) is 0 Å². The Balaban J connectivity index is 1.97. The van der Waals surface area contributed by atoms with Crippen molar-refractivity contribution in [2.24, 2.45) is 5.73 Å². The molecule has 0 amide bonds. The second kappa shape index (κ2) is 6.44. The average Bonchev–Trinajstić information content (AvgIpc) is 2.45. The van der Waals surface area contributed by atoms with Crippen LogP contribution in [0.25, 0.3) is 0 Å². The molecule has 0 saturated heterocycles. The molecule has 112 valence electrons. The van der Waals surface area contributed by atoms with Crippen LogP contribution in [0, 0.1) is 6.92 Å². The maximum atomic E-state index is 6.33. The molecule has 21 heavy (non-hydrogen) atoms. The first kappa shape index (κ1) is 15.8.